The van der Waals surface area contributed by atoms with Crippen LogP contribution in [0.15, 0.2) is 72.3 Å². The minimum absolute atomic E-state index is 0.0325. The molecule has 3 aromatic rings. The number of carbonyl (C=O) groups excluding carboxylic acids is 2. The Morgan fingerprint density at radius 3 is 2.26 bits per heavy atom. The van der Waals surface area contributed by atoms with Gasteiger partial charge in [-0.15, -0.1) is 0 Å². The molecule has 1 aliphatic rings. The molecule has 0 aromatic heterocycles. The normalized spacial score (nSPS) is 16.9. The van der Waals surface area contributed by atoms with Gasteiger partial charge in [0.15, 0.2) is 0 Å². The molecule has 1 amide bonds. The quantitative estimate of drug-likeness (QED) is 0.206. The fraction of sp³-hybridized carbons (Fsp3) is 0.312. The minimum atomic E-state index is -0.878. The van der Waals surface area contributed by atoms with Crippen LogP contribution >= 0.6 is 0 Å². The van der Waals surface area contributed by atoms with E-state index < -0.39 is 17.7 Å². The van der Waals surface area contributed by atoms with E-state index in [1.807, 2.05) is 37.3 Å². The second-order valence-electron chi connectivity index (χ2n) is 10.5. The maximum atomic E-state index is 13.6. The monoisotopic (exact) mass is 529 g/mol. The van der Waals surface area contributed by atoms with E-state index >= 15 is 0 Å². The van der Waals surface area contributed by atoms with Crippen molar-refractivity contribution in [1.82, 2.24) is 0 Å². The number of aliphatic hydroxyl groups is 1. The predicted molar refractivity (Wildman–Crippen MR) is 152 cm³/mol. The number of carbonyl (C=O) groups is 2. The third-order valence-electron chi connectivity index (χ3n) is 6.77. The zero-order valence-electron chi connectivity index (χ0n) is 23.3. The zero-order valence-corrected chi connectivity index (χ0v) is 23.3. The Morgan fingerprint density at radius 1 is 0.923 bits per heavy atom. The Bertz CT molecular complexity index is 1400. The summed E-state index contributed by atoms with van der Waals surface area (Å²) in [5.41, 5.74) is 2.42. The fourth-order valence-corrected chi connectivity index (χ4v) is 4.67. The first-order valence-electron chi connectivity index (χ1n) is 13.0. The largest absolute Gasteiger partial charge is 0.507 e. The van der Waals surface area contributed by atoms with Gasteiger partial charge in [-0.3, -0.25) is 14.5 Å². The Kier molecular flexibility index (Phi) is 8.00. The first-order chi connectivity index (χ1) is 18.6. The van der Waals surface area contributed by atoms with Crippen molar-refractivity contribution < 1.29 is 28.9 Å². The molecule has 39 heavy (non-hydrogen) atoms. The molecule has 0 spiro atoms. The Labute approximate surface area is 229 Å². The van der Waals surface area contributed by atoms with Gasteiger partial charge in [-0.1, -0.05) is 58.0 Å². The molecular weight excluding hydrogens is 494 g/mol. The van der Waals surface area contributed by atoms with E-state index in [9.17, 15) is 14.7 Å². The number of rotatable bonds is 8. The molecule has 204 valence electrons. The first kappa shape index (κ1) is 27.8. The minimum Gasteiger partial charge on any atom is -0.507 e. The van der Waals surface area contributed by atoms with Gasteiger partial charge in [0.05, 0.1) is 38.0 Å². The van der Waals surface area contributed by atoms with Crippen LogP contribution in [-0.2, 0) is 15.0 Å². The van der Waals surface area contributed by atoms with Crippen LogP contribution in [0.5, 0.6) is 17.2 Å². The van der Waals surface area contributed by atoms with E-state index in [0.29, 0.717) is 35.1 Å². The van der Waals surface area contributed by atoms with Gasteiger partial charge in [0.2, 0.25) is 0 Å². The molecule has 1 N–H and O–H groups in total. The van der Waals surface area contributed by atoms with E-state index in [4.69, 9.17) is 14.2 Å². The summed E-state index contributed by atoms with van der Waals surface area (Å²) in [5, 5.41) is 11.6. The highest BCUT2D eigenvalue weighted by Gasteiger charge is 2.47. The van der Waals surface area contributed by atoms with Crippen LogP contribution in [0.25, 0.3) is 5.76 Å². The summed E-state index contributed by atoms with van der Waals surface area (Å²) in [5.74, 6) is -0.463. The summed E-state index contributed by atoms with van der Waals surface area (Å²) in [4.78, 5) is 28.6. The summed E-state index contributed by atoms with van der Waals surface area (Å²) in [6, 6.07) is 18.9. The maximum Gasteiger partial charge on any atom is 0.300 e. The molecule has 3 aromatic carbocycles. The molecule has 0 bridgehead atoms. The van der Waals surface area contributed by atoms with Crippen LogP contribution in [0.1, 0.15) is 56.8 Å². The van der Waals surface area contributed by atoms with Crippen molar-refractivity contribution in [2.24, 2.45) is 0 Å². The Balaban J connectivity index is 1.94. The highest BCUT2D eigenvalue weighted by Crippen LogP contribution is 2.44. The van der Waals surface area contributed by atoms with Gasteiger partial charge in [-0.05, 0) is 53.3 Å². The highest BCUT2D eigenvalue weighted by atomic mass is 16.5. The number of hydrogen-bond acceptors (Lipinski definition) is 6. The van der Waals surface area contributed by atoms with E-state index in [1.165, 1.54) is 19.1 Å². The molecule has 1 atom stereocenters. The number of Topliss-reactive ketones (excluding diaryl/α,β-unsaturated/α-hetero) is 1. The first-order valence-corrected chi connectivity index (χ1v) is 13.0. The van der Waals surface area contributed by atoms with Gasteiger partial charge >= 0.3 is 0 Å². The fourth-order valence-electron chi connectivity index (χ4n) is 4.67. The van der Waals surface area contributed by atoms with Crippen LogP contribution in [0.2, 0.25) is 0 Å². The van der Waals surface area contributed by atoms with Crippen molar-refractivity contribution in [3.05, 3.63) is 89.0 Å². The van der Waals surface area contributed by atoms with Gasteiger partial charge in [0.25, 0.3) is 11.7 Å². The molecule has 1 aliphatic heterocycles. The SMILES string of the molecule is CCCOc1cccc(N2C(=O)C(=O)/C(=C(/O)c3cc(OC)ccc3OC)C2c2ccc(C(C)(C)C)cc2)c1. The third kappa shape index (κ3) is 5.48. The molecule has 1 fully saturated rings. The molecule has 7 nitrogen and oxygen atoms in total. The number of aliphatic hydroxyl groups excluding tert-OH is 1. The lowest BCUT2D eigenvalue weighted by molar-refractivity contribution is -0.132. The summed E-state index contributed by atoms with van der Waals surface area (Å²) in [6.45, 7) is 8.88. The van der Waals surface area contributed by atoms with Crippen LogP contribution in [0.3, 0.4) is 0 Å². The number of ketones is 1. The summed E-state index contributed by atoms with van der Waals surface area (Å²) < 4.78 is 16.6. The molecule has 1 heterocycles. The third-order valence-corrected chi connectivity index (χ3v) is 6.77. The van der Waals surface area contributed by atoms with Crippen molar-refractivity contribution in [2.75, 3.05) is 25.7 Å². The lowest BCUT2D eigenvalue weighted by Crippen LogP contribution is -2.29. The number of hydrogen-bond donors (Lipinski definition) is 1. The van der Waals surface area contributed by atoms with Gasteiger partial charge in [-0.2, -0.15) is 0 Å². The lowest BCUT2D eigenvalue weighted by Gasteiger charge is -2.27. The molecule has 7 heteroatoms. The summed E-state index contributed by atoms with van der Waals surface area (Å²) >= 11 is 0. The Hall–Kier alpha value is -4.26. The molecule has 1 saturated heterocycles. The van der Waals surface area contributed by atoms with Crippen molar-refractivity contribution in [3.63, 3.8) is 0 Å². The smallest absolute Gasteiger partial charge is 0.300 e. The zero-order chi connectivity index (χ0) is 28.3. The van der Waals surface area contributed by atoms with Gasteiger partial charge < -0.3 is 19.3 Å². The van der Waals surface area contributed by atoms with Gasteiger partial charge in [-0.25, -0.2) is 0 Å². The van der Waals surface area contributed by atoms with Crippen LogP contribution < -0.4 is 19.1 Å². The molecule has 4 rings (SSSR count). The number of ether oxygens (including phenoxy) is 3. The second kappa shape index (κ2) is 11.2. The number of anilines is 1. The highest BCUT2D eigenvalue weighted by molar-refractivity contribution is 6.51. The molecule has 0 saturated carbocycles. The summed E-state index contributed by atoms with van der Waals surface area (Å²) in [7, 11) is 2.98. The topological polar surface area (TPSA) is 85.3 Å². The number of methoxy groups -OCH3 is 2. The number of benzene rings is 3. The maximum absolute atomic E-state index is 13.6. The standard InChI is InChI=1S/C32H35NO6/c1-7-17-39-24-10-8-9-22(18-24)33-28(20-11-13-21(14-12-20)32(2,3)4)27(30(35)31(33)36)29(34)25-19-23(37-5)15-16-26(25)38-6/h8-16,18-19,28,34H,7,17H2,1-6H3/b29-27+. The van der Waals surface area contributed by atoms with Crippen LogP contribution in [0, 0.1) is 0 Å². The predicted octanol–water partition coefficient (Wildman–Crippen LogP) is 6.42. The van der Waals surface area contributed by atoms with Gasteiger partial charge in [0, 0.05) is 11.8 Å². The van der Waals surface area contributed by atoms with Crippen LogP contribution in [0.4, 0.5) is 5.69 Å². The second-order valence-corrected chi connectivity index (χ2v) is 10.5. The van der Waals surface area contributed by atoms with Crippen molar-refractivity contribution >= 4 is 23.1 Å². The van der Waals surface area contributed by atoms with E-state index in [2.05, 4.69) is 20.8 Å². The van der Waals surface area contributed by atoms with Crippen LogP contribution in [-0.4, -0.2) is 37.6 Å². The molecular formula is C32H35NO6. The molecule has 0 aliphatic carbocycles. The molecule has 0 radical (unpaired) electrons. The average Bonchev–Trinajstić information content (AvgIpc) is 3.20. The molecule has 1 unspecified atom stereocenters. The Morgan fingerprint density at radius 2 is 1.64 bits per heavy atom. The number of amides is 1. The van der Waals surface area contributed by atoms with Crippen molar-refractivity contribution in [1.29, 1.82) is 0 Å². The average molecular weight is 530 g/mol. The van der Waals surface area contributed by atoms with E-state index in [-0.39, 0.29) is 22.3 Å². The number of nitrogens with zero attached hydrogens (tertiary/aromatic N) is 1. The van der Waals surface area contributed by atoms with Crippen molar-refractivity contribution in [2.45, 2.75) is 45.6 Å². The lowest BCUT2D eigenvalue weighted by atomic mass is 9.85. The van der Waals surface area contributed by atoms with Crippen molar-refractivity contribution in [3.8, 4) is 17.2 Å². The van der Waals surface area contributed by atoms with E-state index in [0.717, 1.165) is 12.0 Å². The van der Waals surface area contributed by atoms with E-state index in [1.54, 1.807) is 36.4 Å². The van der Waals surface area contributed by atoms with Gasteiger partial charge in [0.1, 0.15) is 23.0 Å². The summed E-state index contributed by atoms with van der Waals surface area (Å²) in [6.07, 6.45) is 0.831.